The van der Waals surface area contributed by atoms with Gasteiger partial charge in [0.15, 0.2) is 5.75 Å². The number of benzene rings is 5. The number of rotatable bonds is 26. The highest BCUT2D eigenvalue weighted by Gasteiger charge is 2.33. The molecule has 16 nitrogen and oxygen atoms in total. The summed E-state index contributed by atoms with van der Waals surface area (Å²) in [5, 5.41) is 8.18. The van der Waals surface area contributed by atoms with Gasteiger partial charge in [-0.1, -0.05) is 163 Å². The first-order valence-electron chi connectivity index (χ1n) is 31.0. The van der Waals surface area contributed by atoms with Crippen LogP contribution in [0.3, 0.4) is 0 Å². The number of carbonyl (C=O) groups excluding carboxylic acids is 2. The van der Waals surface area contributed by atoms with Crippen molar-refractivity contribution in [3.8, 4) is 16.9 Å². The molecule has 5 aromatic carbocycles. The molecule has 0 spiro atoms. The molecule has 2 atom stereocenters. The van der Waals surface area contributed by atoms with E-state index in [0.29, 0.717) is 48.2 Å². The maximum absolute atomic E-state index is 11.7. The highest BCUT2D eigenvalue weighted by molar-refractivity contribution is 7.84. The van der Waals surface area contributed by atoms with E-state index in [9.17, 15) is 27.4 Å². The van der Waals surface area contributed by atoms with Crippen molar-refractivity contribution >= 4 is 57.0 Å². The number of amides is 1. The summed E-state index contributed by atoms with van der Waals surface area (Å²) in [6.45, 7) is 43.4. The van der Waals surface area contributed by atoms with E-state index < -0.39 is 27.4 Å². The number of hydrogen-bond acceptors (Lipinski definition) is 12. The summed E-state index contributed by atoms with van der Waals surface area (Å²) >= 11 is 0. The number of nitrogens with zero attached hydrogens (tertiary/aromatic N) is 2. The van der Waals surface area contributed by atoms with Crippen LogP contribution < -0.4 is 25.1 Å². The Hall–Kier alpha value is -7.31. The number of aryl methyl sites for hydroxylation is 1. The number of aliphatic carboxylic acids is 1. The number of hydrazine groups is 1. The van der Waals surface area contributed by atoms with E-state index in [4.69, 9.17) is 28.8 Å². The number of carboxylic acid groups (broad SMARTS) is 1. The van der Waals surface area contributed by atoms with Crippen LogP contribution in [-0.4, -0.2) is 62.8 Å². The van der Waals surface area contributed by atoms with Crippen molar-refractivity contribution in [3.05, 3.63) is 162 Å². The SMILES string of the molecule is C=C.CCC(C)(C)COOCCOC(=O)C(C)(C)CC.CCC(C)C(=O)O.CCC(c1ccc(NNC=O)cc1)c1ccc(C(C)(C)CC)cc1C(C)(C)CC.CCN1C(=Cc2oc3ccc(C)cc3[n+]2CS(=O)(=O)O)Oc2ccc(-c3ccccc3)cc21. The van der Waals surface area contributed by atoms with Gasteiger partial charge in [-0.25, -0.2) is 9.78 Å². The number of hydrogen-bond donors (Lipinski definition) is 4. The van der Waals surface area contributed by atoms with Gasteiger partial charge in [-0.15, -0.1) is 17.7 Å². The molecule has 1 amide bonds. The van der Waals surface area contributed by atoms with Gasteiger partial charge in [-0.3, -0.25) is 29.8 Å². The molecule has 1 aromatic heterocycles. The summed E-state index contributed by atoms with van der Waals surface area (Å²) in [6.07, 6.45) is 8.07. The zero-order valence-electron chi connectivity index (χ0n) is 56.2. The van der Waals surface area contributed by atoms with E-state index >= 15 is 0 Å². The number of oxazole rings is 1. The Morgan fingerprint density at radius 2 is 1.40 bits per heavy atom. The number of ether oxygens (including phenoxy) is 2. The number of fused-ring (bicyclic) bond motifs is 2. The highest BCUT2D eigenvalue weighted by Crippen LogP contribution is 2.43. The highest BCUT2D eigenvalue weighted by atomic mass is 32.2. The Balaban J connectivity index is 0.000000338. The van der Waals surface area contributed by atoms with E-state index in [1.165, 1.54) is 26.8 Å². The van der Waals surface area contributed by atoms with Gasteiger partial charge in [0.1, 0.15) is 19.3 Å². The van der Waals surface area contributed by atoms with E-state index in [2.05, 4.69) is 142 Å². The zero-order chi connectivity index (χ0) is 66.9. The Bertz CT molecular complexity index is 3330. The molecule has 0 bridgehead atoms. The molecule has 7 rings (SSSR count). The minimum absolute atomic E-state index is 0.112. The fourth-order valence-electron chi connectivity index (χ4n) is 8.92. The van der Waals surface area contributed by atoms with Gasteiger partial charge in [0.05, 0.1) is 29.3 Å². The topological polar surface area (TPSA) is 207 Å². The smallest absolute Gasteiger partial charge is 0.380 e. The van der Waals surface area contributed by atoms with Gasteiger partial charge >= 0.3 is 27.9 Å². The van der Waals surface area contributed by atoms with Gasteiger partial charge in [-0.2, -0.15) is 8.42 Å². The number of anilines is 2. The van der Waals surface area contributed by atoms with Crippen LogP contribution >= 0.6 is 0 Å². The molecular formula is C72H103N4O12S+. The average Bonchev–Trinajstić information content (AvgIpc) is 1.81. The molecule has 488 valence electrons. The summed E-state index contributed by atoms with van der Waals surface area (Å²) in [6, 6.07) is 37.1. The predicted molar refractivity (Wildman–Crippen MR) is 360 cm³/mol. The standard InChI is InChI=1S/C26H38N2O.C25H22N2O5S.C14H28O4.C5H10O2.C2H4/c1-8-22(19-11-14-21(15-12-19)28-27-18-29)23-16-13-20(25(4,5)9-2)17-24(23)26(6,7)10-3;1-3-26-21-14-19(18-7-5-4-6-8-18)10-12-23(21)31-24(26)15-25-27(16-33(28,29)30)20-13-17(2)9-11-22(20)32-25;1-7-13(3,4)11-18-17-10-9-16-12(15)14(5,6)8-2;1-3-4(2)5(6)7;1-2/h11-18,22,28H,8-10H2,1-7H3,(H,27,29);4-15H,3,16H2,1-2H3;7-11H2,1-6H3;4H,3H2,1-2H3,(H,6,7);1-2H2/p+1. The van der Waals surface area contributed by atoms with Gasteiger partial charge < -0.3 is 23.9 Å². The maximum atomic E-state index is 11.7. The van der Waals surface area contributed by atoms with Gasteiger partial charge in [-0.05, 0) is 152 Å². The van der Waals surface area contributed by atoms with Crippen molar-refractivity contribution in [2.24, 2.45) is 16.7 Å². The molecule has 0 fully saturated rings. The van der Waals surface area contributed by atoms with Crippen molar-refractivity contribution in [1.82, 2.24) is 5.43 Å². The number of esters is 1. The molecule has 0 aliphatic carbocycles. The third kappa shape index (κ3) is 22.6. The van der Waals surface area contributed by atoms with E-state index in [1.807, 2.05) is 101 Å². The summed E-state index contributed by atoms with van der Waals surface area (Å²) in [7, 11) is -4.30. The Morgan fingerprint density at radius 1 is 0.753 bits per heavy atom. The van der Waals surface area contributed by atoms with Gasteiger partial charge in [0, 0.05) is 18.5 Å². The van der Waals surface area contributed by atoms with E-state index in [1.54, 1.807) is 19.1 Å². The largest absolute Gasteiger partial charge is 0.481 e. The van der Waals surface area contributed by atoms with Crippen molar-refractivity contribution in [3.63, 3.8) is 0 Å². The lowest BCUT2D eigenvalue weighted by Crippen LogP contribution is -2.39. The molecule has 2 heterocycles. The molecule has 1 aliphatic heterocycles. The van der Waals surface area contributed by atoms with Gasteiger partial charge in [0.25, 0.3) is 11.4 Å². The first-order chi connectivity index (χ1) is 41.9. The Morgan fingerprint density at radius 3 is 1.94 bits per heavy atom. The molecule has 17 heteroatoms. The van der Waals surface area contributed by atoms with Crippen molar-refractivity contribution in [2.45, 2.75) is 179 Å². The lowest BCUT2D eigenvalue weighted by molar-refractivity contribution is -0.658. The van der Waals surface area contributed by atoms with Crippen molar-refractivity contribution in [1.29, 1.82) is 0 Å². The van der Waals surface area contributed by atoms with Crippen LogP contribution in [0.2, 0.25) is 0 Å². The van der Waals surface area contributed by atoms with Crippen LogP contribution in [0.1, 0.15) is 189 Å². The molecular weight excluding hydrogens is 1140 g/mol. The van der Waals surface area contributed by atoms with E-state index in [-0.39, 0.29) is 47.2 Å². The summed E-state index contributed by atoms with van der Waals surface area (Å²) in [5.74, 6) is 0.124. The van der Waals surface area contributed by atoms with Crippen LogP contribution in [-0.2, 0) is 55.7 Å². The second kappa shape index (κ2) is 35.2. The van der Waals surface area contributed by atoms with Crippen molar-refractivity contribution in [2.75, 3.05) is 36.7 Å². The fraction of sp³-hybridized carbons (Fsp3) is 0.472. The van der Waals surface area contributed by atoms with Crippen LogP contribution in [0.15, 0.2) is 133 Å². The molecule has 89 heavy (non-hydrogen) atoms. The van der Waals surface area contributed by atoms with Crippen LogP contribution in [0.4, 0.5) is 11.4 Å². The number of nitrogens with one attached hydrogen (secondary N) is 2. The van der Waals surface area contributed by atoms with Crippen molar-refractivity contribution < 1.29 is 60.7 Å². The summed E-state index contributed by atoms with van der Waals surface area (Å²) in [4.78, 5) is 44.1. The van der Waals surface area contributed by atoms with Gasteiger partial charge in [0.2, 0.25) is 17.9 Å². The normalized spacial score (nSPS) is 13.3. The number of carbonyl (C=O) groups is 3. The quantitative estimate of drug-likeness (QED) is 0.00583. The first-order valence-corrected chi connectivity index (χ1v) is 32.7. The summed E-state index contributed by atoms with van der Waals surface area (Å²) < 4.78 is 51.6. The Labute approximate surface area is 531 Å². The van der Waals surface area contributed by atoms with Crippen LogP contribution in [0, 0.1) is 23.7 Å². The third-order valence-electron chi connectivity index (χ3n) is 16.6. The molecule has 6 aromatic rings. The maximum Gasteiger partial charge on any atom is 0.380 e. The second-order valence-electron chi connectivity index (χ2n) is 24.8. The molecule has 4 N–H and O–H groups in total. The monoisotopic (exact) mass is 1250 g/mol. The zero-order valence-corrected chi connectivity index (χ0v) is 57.0. The predicted octanol–water partition coefficient (Wildman–Crippen LogP) is 16.7. The molecule has 0 saturated carbocycles. The molecule has 0 saturated heterocycles. The molecule has 2 unspecified atom stereocenters. The first kappa shape index (κ1) is 75.9. The average molecular weight is 1250 g/mol. The second-order valence-corrected chi connectivity index (χ2v) is 26.2. The lowest BCUT2D eigenvalue weighted by atomic mass is 9.72. The van der Waals surface area contributed by atoms with Crippen LogP contribution in [0.5, 0.6) is 5.75 Å². The molecule has 1 aliphatic rings. The van der Waals surface area contributed by atoms with Crippen LogP contribution in [0.25, 0.3) is 28.3 Å². The summed E-state index contributed by atoms with van der Waals surface area (Å²) in [5.41, 5.74) is 17.0. The minimum Gasteiger partial charge on any atom is -0.481 e. The lowest BCUT2D eigenvalue weighted by Gasteiger charge is -2.33. The van der Waals surface area contributed by atoms with E-state index in [0.717, 1.165) is 66.6 Å². The third-order valence-corrected chi connectivity index (χ3v) is 17.2. The fourth-order valence-corrected chi connectivity index (χ4v) is 9.51. The number of carboxylic acids is 1. The molecule has 0 radical (unpaired) electrons. The Kier molecular flexibility index (Phi) is 30.0. The minimum atomic E-state index is -4.30. The number of aromatic nitrogens is 1.